The van der Waals surface area contributed by atoms with Crippen LogP contribution in [-0.4, -0.2) is 40.3 Å². The van der Waals surface area contributed by atoms with Crippen LogP contribution in [0.5, 0.6) is 5.88 Å². The Morgan fingerprint density at radius 3 is 2.57 bits per heavy atom. The van der Waals surface area contributed by atoms with Crippen molar-refractivity contribution in [3.63, 3.8) is 0 Å². The molecule has 6 bridgehead atoms. The fourth-order valence-electron chi connectivity index (χ4n) is 5.07. The maximum atomic E-state index is 13.5. The normalized spacial score (nSPS) is 18.0. The molecule has 1 atom stereocenters. The minimum Gasteiger partial charge on any atom is -0.467 e. The maximum absolute atomic E-state index is 13.5. The lowest BCUT2D eigenvalue weighted by molar-refractivity contribution is 0.0580. The lowest BCUT2D eigenvalue weighted by Crippen LogP contribution is -2.40. The molecule has 9 nitrogen and oxygen atoms in total. The van der Waals surface area contributed by atoms with Gasteiger partial charge in [-0.2, -0.15) is 4.98 Å². The van der Waals surface area contributed by atoms with Crippen LogP contribution in [0.1, 0.15) is 38.8 Å². The van der Waals surface area contributed by atoms with Crippen LogP contribution in [0.2, 0.25) is 0 Å². The Morgan fingerprint density at radius 2 is 1.78 bits per heavy atom. The van der Waals surface area contributed by atoms with Crippen LogP contribution >= 0.6 is 0 Å². The maximum Gasteiger partial charge on any atom is 0.270 e. The topological polar surface area (TPSA) is 106 Å². The number of carbonyl (C=O) groups excluding carboxylic acids is 1. The molecule has 10 heteroatoms. The molecule has 2 aliphatic rings. The summed E-state index contributed by atoms with van der Waals surface area (Å²) in [6.45, 7) is 4.63. The first-order valence-electron chi connectivity index (χ1n) is 11.9. The van der Waals surface area contributed by atoms with Gasteiger partial charge in [-0.3, -0.25) is 4.79 Å². The predicted octanol–water partition coefficient (Wildman–Crippen LogP) is 3.99. The number of anilines is 1. The summed E-state index contributed by atoms with van der Waals surface area (Å²) < 4.78 is 37.0. The third-order valence-corrected chi connectivity index (χ3v) is 8.17. The summed E-state index contributed by atoms with van der Waals surface area (Å²) in [4.78, 5) is 24.2. The Hall–Kier alpha value is -4.18. The Labute approximate surface area is 214 Å². The lowest BCUT2D eigenvalue weighted by atomic mass is 9.97. The van der Waals surface area contributed by atoms with E-state index in [9.17, 15) is 13.2 Å². The molecular weight excluding hydrogens is 490 g/mol. The fourth-order valence-corrected chi connectivity index (χ4v) is 6.09. The molecule has 4 aromatic rings. The van der Waals surface area contributed by atoms with Crippen LogP contribution in [-0.2, 0) is 23.6 Å². The zero-order valence-electron chi connectivity index (χ0n) is 20.6. The van der Waals surface area contributed by atoms with E-state index in [2.05, 4.69) is 14.7 Å². The summed E-state index contributed by atoms with van der Waals surface area (Å²) in [6.07, 6.45) is 0.920. The minimum absolute atomic E-state index is 0.0462. The summed E-state index contributed by atoms with van der Waals surface area (Å²) >= 11 is 0. The number of amides is 1. The molecule has 2 aromatic carbocycles. The molecule has 1 N–H and O–H groups in total. The number of hydrogen-bond acceptors (Lipinski definition) is 6. The zero-order chi connectivity index (χ0) is 25.9. The van der Waals surface area contributed by atoms with E-state index in [0.29, 0.717) is 12.2 Å². The number of hydrogen-bond donors (Lipinski definition) is 1. The lowest BCUT2D eigenvalue weighted by Gasteiger charge is -2.34. The van der Waals surface area contributed by atoms with Gasteiger partial charge in [-0.05, 0) is 42.2 Å². The van der Waals surface area contributed by atoms with Gasteiger partial charge in [0.15, 0.2) is 0 Å². The molecule has 37 heavy (non-hydrogen) atoms. The van der Waals surface area contributed by atoms with E-state index in [0.717, 1.165) is 27.8 Å². The monoisotopic (exact) mass is 515 g/mol. The van der Waals surface area contributed by atoms with Crippen molar-refractivity contribution in [2.45, 2.75) is 31.4 Å². The van der Waals surface area contributed by atoms with Crippen molar-refractivity contribution in [2.75, 3.05) is 11.3 Å². The van der Waals surface area contributed by atoms with E-state index >= 15 is 0 Å². The molecule has 0 aliphatic carbocycles. The predicted molar refractivity (Wildman–Crippen MR) is 138 cm³/mol. The third-order valence-electron chi connectivity index (χ3n) is 6.87. The third kappa shape index (κ3) is 4.03. The quantitative estimate of drug-likeness (QED) is 0.411. The van der Waals surface area contributed by atoms with Gasteiger partial charge in [-0.15, -0.1) is 0 Å². The summed E-state index contributed by atoms with van der Waals surface area (Å²) in [5.41, 5.74) is 5.59. The molecular formula is C27H25N5O4S. The van der Waals surface area contributed by atoms with Crippen molar-refractivity contribution in [3.05, 3.63) is 88.7 Å². The number of fused-ring (bicyclic) bond motifs is 8. The van der Waals surface area contributed by atoms with Gasteiger partial charge in [-0.1, -0.05) is 42.5 Å². The number of benzene rings is 2. The van der Waals surface area contributed by atoms with Gasteiger partial charge < -0.3 is 14.2 Å². The first-order chi connectivity index (χ1) is 17.7. The molecule has 2 aliphatic heterocycles. The highest BCUT2D eigenvalue weighted by molar-refractivity contribution is 7.92. The van der Waals surface area contributed by atoms with E-state index in [1.54, 1.807) is 18.0 Å². The number of aromatic nitrogens is 3. The van der Waals surface area contributed by atoms with Crippen LogP contribution in [0, 0.1) is 13.8 Å². The van der Waals surface area contributed by atoms with Gasteiger partial charge in [0, 0.05) is 31.4 Å². The minimum atomic E-state index is -4.08. The number of aryl methyl sites for hydroxylation is 3. The van der Waals surface area contributed by atoms with Crippen molar-refractivity contribution in [1.29, 1.82) is 0 Å². The Bertz CT molecular complexity index is 1660. The molecule has 6 rings (SSSR count). The van der Waals surface area contributed by atoms with Gasteiger partial charge in [0.05, 0.1) is 12.2 Å². The Morgan fingerprint density at radius 1 is 1.03 bits per heavy atom. The molecule has 4 heterocycles. The van der Waals surface area contributed by atoms with Crippen LogP contribution in [0.4, 0.5) is 5.95 Å². The van der Waals surface area contributed by atoms with Crippen LogP contribution in [0.15, 0.2) is 65.7 Å². The second-order valence-corrected chi connectivity index (χ2v) is 11.1. The highest BCUT2D eigenvalue weighted by Gasteiger charge is 2.33. The number of carbonyl (C=O) groups is 1. The zero-order valence-corrected chi connectivity index (χ0v) is 21.4. The summed E-state index contributed by atoms with van der Waals surface area (Å²) in [5, 5.41) is 0. The number of rotatable bonds is 1. The summed E-state index contributed by atoms with van der Waals surface area (Å²) in [6, 6.07) is 16.8. The first-order valence-corrected chi connectivity index (χ1v) is 13.4. The largest absolute Gasteiger partial charge is 0.467 e. The van der Waals surface area contributed by atoms with Crippen molar-refractivity contribution in [1.82, 2.24) is 19.4 Å². The number of nitrogens with zero attached hydrogens (tertiary/aromatic N) is 4. The van der Waals surface area contributed by atoms with E-state index in [1.807, 2.05) is 56.3 Å². The van der Waals surface area contributed by atoms with E-state index in [-0.39, 0.29) is 34.9 Å². The van der Waals surface area contributed by atoms with Crippen molar-refractivity contribution >= 4 is 21.9 Å². The first kappa shape index (κ1) is 23.2. The second kappa shape index (κ2) is 8.45. The molecule has 0 saturated carbocycles. The number of ether oxygens (including phenoxy) is 1. The van der Waals surface area contributed by atoms with Gasteiger partial charge in [0.25, 0.3) is 15.9 Å². The van der Waals surface area contributed by atoms with E-state index in [1.165, 1.54) is 16.8 Å². The molecule has 1 amide bonds. The van der Waals surface area contributed by atoms with Crippen molar-refractivity contribution in [3.8, 4) is 17.1 Å². The Kier molecular flexibility index (Phi) is 5.30. The van der Waals surface area contributed by atoms with Gasteiger partial charge in [0.2, 0.25) is 11.8 Å². The summed E-state index contributed by atoms with van der Waals surface area (Å²) in [7, 11) is -2.43. The number of sulfonamides is 1. The standard InChI is InChI=1S/C27H25N5O4S/c1-16-7-6-8-17(2)25(16)21-12-24-29-27(28-21)30-37(34,35)19-11-22(31(3)14-19)26(33)32-13-18-9-4-5-10-20(18)23(15-32)36-24/h4-12,14,23H,13,15H2,1-3H3,(H,28,29,30). The van der Waals surface area contributed by atoms with E-state index < -0.39 is 16.1 Å². The molecule has 0 radical (unpaired) electrons. The average Bonchev–Trinajstić information content (AvgIpc) is 3.25. The van der Waals surface area contributed by atoms with Gasteiger partial charge in [0.1, 0.15) is 16.7 Å². The molecule has 0 spiro atoms. The smallest absolute Gasteiger partial charge is 0.270 e. The van der Waals surface area contributed by atoms with Crippen LogP contribution in [0.3, 0.4) is 0 Å². The molecule has 2 aromatic heterocycles. The second-order valence-electron chi connectivity index (χ2n) is 9.45. The number of nitrogens with one attached hydrogen (secondary N) is 1. The van der Waals surface area contributed by atoms with Crippen molar-refractivity contribution in [2.24, 2.45) is 7.05 Å². The molecule has 0 fully saturated rings. The van der Waals surface area contributed by atoms with Gasteiger partial charge in [-0.25, -0.2) is 18.1 Å². The average molecular weight is 516 g/mol. The highest BCUT2D eigenvalue weighted by Crippen LogP contribution is 2.35. The van der Waals surface area contributed by atoms with Crippen molar-refractivity contribution < 1.29 is 17.9 Å². The highest BCUT2D eigenvalue weighted by atomic mass is 32.2. The molecule has 0 saturated heterocycles. The van der Waals surface area contributed by atoms with Gasteiger partial charge >= 0.3 is 0 Å². The van der Waals surface area contributed by atoms with Crippen LogP contribution < -0.4 is 9.46 Å². The fraction of sp³-hybridized carbons (Fsp3) is 0.222. The summed E-state index contributed by atoms with van der Waals surface area (Å²) in [5.74, 6) is -0.168. The van der Waals surface area contributed by atoms with Crippen LogP contribution in [0.25, 0.3) is 11.3 Å². The Balaban J connectivity index is 1.58. The molecule has 1 unspecified atom stereocenters. The SMILES string of the molecule is Cc1cccc(C)c1-c1cc2nc(n1)NS(=O)(=O)c1cc(n(C)c1)C(=O)N1Cc3ccccc3C(C1)O2. The van der Waals surface area contributed by atoms with E-state index in [4.69, 9.17) is 4.74 Å². The molecule has 188 valence electrons.